The third-order valence-corrected chi connectivity index (χ3v) is 6.05. The highest BCUT2D eigenvalue weighted by molar-refractivity contribution is 7.99. The molecule has 27 heavy (non-hydrogen) atoms. The van der Waals surface area contributed by atoms with Crippen molar-refractivity contribution in [3.05, 3.63) is 76.3 Å². The molecule has 5 nitrogen and oxygen atoms in total. The van der Waals surface area contributed by atoms with Crippen molar-refractivity contribution in [3.8, 4) is 0 Å². The standard InChI is InChI=1S/C19H19ClFN5S/c20-16-5-3-15(4-6-16)18(25-9-11-27-12-10-25)19-22-23-24-26(19)13-14-1-7-17(21)8-2-14/h1-8,18H,9-13H2/p+1/t18-/m1/s1. The lowest BCUT2D eigenvalue weighted by atomic mass is 10.0. The second-order valence-corrected chi connectivity index (χ2v) is 8.24. The first-order valence-corrected chi connectivity index (χ1v) is 10.4. The van der Waals surface area contributed by atoms with Crippen LogP contribution in [0.4, 0.5) is 4.39 Å². The van der Waals surface area contributed by atoms with E-state index >= 15 is 0 Å². The van der Waals surface area contributed by atoms with Crippen molar-refractivity contribution >= 4 is 23.4 Å². The van der Waals surface area contributed by atoms with Gasteiger partial charge in [-0.1, -0.05) is 35.9 Å². The second kappa shape index (κ2) is 8.37. The maximum atomic E-state index is 13.2. The first kappa shape index (κ1) is 18.4. The van der Waals surface area contributed by atoms with Gasteiger partial charge in [-0.15, -0.1) is 5.10 Å². The lowest BCUT2D eigenvalue weighted by Gasteiger charge is -2.30. The molecule has 0 bridgehead atoms. The third-order valence-electron chi connectivity index (χ3n) is 4.81. The molecule has 1 aliphatic rings. The van der Waals surface area contributed by atoms with Crippen molar-refractivity contribution in [2.75, 3.05) is 24.6 Å². The zero-order valence-corrected chi connectivity index (χ0v) is 16.3. The number of hydrogen-bond acceptors (Lipinski definition) is 4. The highest BCUT2D eigenvalue weighted by atomic mass is 35.5. The monoisotopic (exact) mass is 404 g/mol. The van der Waals surface area contributed by atoms with E-state index in [1.807, 2.05) is 28.6 Å². The molecule has 0 spiro atoms. The summed E-state index contributed by atoms with van der Waals surface area (Å²) >= 11 is 8.08. The fourth-order valence-electron chi connectivity index (χ4n) is 3.44. The number of quaternary nitrogens is 1. The van der Waals surface area contributed by atoms with Gasteiger partial charge in [0.15, 0.2) is 6.04 Å². The van der Waals surface area contributed by atoms with Crippen molar-refractivity contribution in [2.24, 2.45) is 0 Å². The maximum Gasteiger partial charge on any atom is 0.214 e. The molecule has 1 fully saturated rings. The third kappa shape index (κ3) is 4.31. The molecule has 2 heterocycles. The Morgan fingerprint density at radius 3 is 2.48 bits per heavy atom. The van der Waals surface area contributed by atoms with Gasteiger partial charge in [0, 0.05) is 22.1 Å². The zero-order chi connectivity index (χ0) is 18.6. The Balaban J connectivity index is 1.68. The number of benzene rings is 2. The normalized spacial score (nSPS) is 16.4. The van der Waals surface area contributed by atoms with Gasteiger partial charge in [0.2, 0.25) is 5.82 Å². The lowest BCUT2D eigenvalue weighted by Crippen LogP contribution is -3.14. The molecule has 3 aromatic rings. The Hall–Kier alpha value is -1.96. The summed E-state index contributed by atoms with van der Waals surface area (Å²) in [5.74, 6) is 2.83. The summed E-state index contributed by atoms with van der Waals surface area (Å²) in [6.07, 6.45) is 0. The number of rotatable bonds is 5. The molecule has 4 rings (SSSR count). The van der Waals surface area contributed by atoms with Crippen LogP contribution in [0, 0.1) is 5.82 Å². The number of nitrogens with zero attached hydrogens (tertiary/aromatic N) is 4. The topological polar surface area (TPSA) is 48.0 Å². The molecule has 1 atom stereocenters. The molecule has 8 heteroatoms. The number of tetrazole rings is 1. The number of aromatic nitrogens is 4. The molecule has 0 amide bonds. The van der Waals surface area contributed by atoms with Crippen LogP contribution < -0.4 is 4.90 Å². The summed E-state index contributed by atoms with van der Waals surface area (Å²) in [5, 5.41) is 13.2. The van der Waals surface area contributed by atoms with Crippen LogP contribution in [-0.2, 0) is 6.54 Å². The van der Waals surface area contributed by atoms with E-state index in [4.69, 9.17) is 11.6 Å². The summed E-state index contributed by atoms with van der Waals surface area (Å²) in [7, 11) is 0. The maximum absolute atomic E-state index is 13.2. The van der Waals surface area contributed by atoms with Crippen LogP contribution in [0.15, 0.2) is 48.5 Å². The summed E-state index contributed by atoms with van der Waals surface area (Å²) in [4.78, 5) is 1.45. The molecule has 1 saturated heterocycles. The van der Waals surface area contributed by atoms with Crippen LogP contribution in [0.1, 0.15) is 23.0 Å². The molecule has 1 N–H and O–H groups in total. The number of halogens is 2. The summed E-state index contributed by atoms with van der Waals surface area (Å²) < 4.78 is 15.0. The van der Waals surface area contributed by atoms with E-state index in [0.717, 1.165) is 41.5 Å². The quantitative estimate of drug-likeness (QED) is 0.708. The molecule has 0 aliphatic carbocycles. The van der Waals surface area contributed by atoms with Gasteiger partial charge in [0.05, 0.1) is 19.6 Å². The van der Waals surface area contributed by atoms with E-state index in [9.17, 15) is 4.39 Å². The van der Waals surface area contributed by atoms with Gasteiger partial charge in [-0.3, -0.25) is 0 Å². The van der Waals surface area contributed by atoms with E-state index in [1.165, 1.54) is 17.0 Å². The fraction of sp³-hybridized carbons (Fsp3) is 0.316. The molecular formula is C19H20ClFN5S+. The molecule has 0 unspecified atom stereocenters. The van der Waals surface area contributed by atoms with Crippen LogP contribution in [0.25, 0.3) is 0 Å². The first-order chi connectivity index (χ1) is 13.2. The smallest absolute Gasteiger partial charge is 0.214 e. The minimum absolute atomic E-state index is 0.0404. The van der Waals surface area contributed by atoms with E-state index < -0.39 is 0 Å². The van der Waals surface area contributed by atoms with Crippen LogP contribution in [0.3, 0.4) is 0 Å². The van der Waals surface area contributed by atoms with Gasteiger partial charge < -0.3 is 4.90 Å². The van der Waals surface area contributed by atoms with Crippen molar-refractivity contribution in [3.63, 3.8) is 0 Å². The number of thioether (sulfide) groups is 1. The Labute approximate surface area is 166 Å². The Bertz CT molecular complexity index is 878. The Morgan fingerprint density at radius 2 is 1.78 bits per heavy atom. The number of nitrogens with one attached hydrogen (secondary N) is 1. The fourth-order valence-corrected chi connectivity index (χ4v) is 4.58. The summed E-state index contributed by atoms with van der Waals surface area (Å²) in [5.41, 5.74) is 2.11. The van der Waals surface area contributed by atoms with Gasteiger partial charge in [0.1, 0.15) is 5.82 Å². The van der Waals surface area contributed by atoms with E-state index in [0.29, 0.717) is 11.6 Å². The Kier molecular flexibility index (Phi) is 5.71. The predicted octanol–water partition coefficient (Wildman–Crippen LogP) is 2.24. The van der Waals surface area contributed by atoms with Gasteiger partial charge in [-0.25, -0.2) is 9.07 Å². The van der Waals surface area contributed by atoms with Gasteiger partial charge in [0.25, 0.3) is 0 Å². The van der Waals surface area contributed by atoms with Crippen molar-refractivity contribution in [1.82, 2.24) is 20.2 Å². The largest absolute Gasteiger partial charge is 0.321 e. The molecular weight excluding hydrogens is 385 g/mol. The van der Waals surface area contributed by atoms with E-state index in [-0.39, 0.29) is 11.9 Å². The zero-order valence-electron chi connectivity index (χ0n) is 14.7. The minimum atomic E-state index is -0.245. The van der Waals surface area contributed by atoms with Gasteiger partial charge in [-0.05, 0) is 40.3 Å². The first-order valence-electron chi connectivity index (χ1n) is 8.89. The second-order valence-electron chi connectivity index (χ2n) is 6.58. The molecule has 1 aliphatic heterocycles. The molecule has 1 aromatic heterocycles. The van der Waals surface area contributed by atoms with E-state index in [1.54, 1.807) is 12.1 Å². The molecule has 0 saturated carbocycles. The van der Waals surface area contributed by atoms with Gasteiger partial charge >= 0.3 is 0 Å². The van der Waals surface area contributed by atoms with Gasteiger partial charge in [-0.2, -0.15) is 11.8 Å². The summed E-state index contributed by atoms with van der Waals surface area (Å²) in [6, 6.07) is 14.4. The van der Waals surface area contributed by atoms with Crippen LogP contribution in [0.2, 0.25) is 5.02 Å². The number of hydrogen-bond donors (Lipinski definition) is 1. The lowest BCUT2D eigenvalue weighted by molar-refractivity contribution is -0.922. The van der Waals surface area contributed by atoms with Crippen LogP contribution in [0.5, 0.6) is 0 Å². The minimum Gasteiger partial charge on any atom is -0.321 e. The van der Waals surface area contributed by atoms with Crippen molar-refractivity contribution < 1.29 is 9.29 Å². The van der Waals surface area contributed by atoms with E-state index in [2.05, 4.69) is 27.7 Å². The van der Waals surface area contributed by atoms with Crippen LogP contribution in [-0.4, -0.2) is 44.8 Å². The van der Waals surface area contributed by atoms with Crippen LogP contribution >= 0.6 is 23.4 Å². The predicted molar refractivity (Wildman–Crippen MR) is 105 cm³/mol. The summed E-state index contributed by atoms with van der Waals surface area (Å²) in [6.45, 7) is 2.62. The average Bonchev–Trinajstić information content (AvgIpc) is 3.14. The van der Waals surface area contributed by atoms with Crippen molar-refractivity contribution in [1.29, 1.82) is 0 Å². The molecule has 2 aromatic carbocycles. The van der Waals surface area contributed by atoms with Crippen molar-refractivity contribution in [2.45, 2.75) is 12.6 Å². The average molecular weight is 405 g/mol. The molecule has 0 radical (unpaired) electrons. The highest BCUT2D eigenvalue weighted by Gasteiger charge is 2.32. The highest BCUT2D eigenvalue weighted by Crippen LogP contribution is 2.21. The molecule has 140 valence electrons. The Morgan fingerprint density at radius 1 is 1.07 bits per heavy atom. The SMILES string of the molecule is Fc1ccc(Cn2nnnc2[C@@H](c2ccc(Cl)cc2)[NH+]2CCSCC2)cc1.